The summed E-state index contributed by atoms with van der Waals surface area (Å²) in [6.07, 6.45) is 5.67. The van der Waals surface area contributed by atoms with Crippen LogP contribution < -0.4 is 10.0 Å². The second kappa shape index (κ2) is 9.31. The average molecular weight is 368 g/mol. The molecule has 25 heavy (non-hydrogen) atoms. The molecule has 1 aromatic carbocycles. The Morgan fingerprint density at radius 1 is 1.20 bits per heavy atom. The van der Waals surface area contributed by atoms with E-state index in [0.29, 0.717) is 31.2 Å². The monoisotopic (exact) mass is 368 g/mol. The van der Waals surface area contributed by atoms with Gasteiger partial charge >= 0.3 is 0 Å². The van der Waals surface area contributed by atoms with Crippen LogP contribution in [0.25, 0.3) is 0 Å². The zero-order valence-corrected chi connectivity index (χ0v) is 15.8. The molecule has 1 aromatic rings. The van der Waals surface area contributed by atoms with Gasteiger partial charge in [0, 0.05) is 24.8 Å². The molecule has 0 atom stereocenters. The largest absolute Gasteiger partial charge is 0.378 e. The molecule has 2 N–H and O–H groups in total. The van der Waals surface area contributed by atoms with E-state index in [1.165, 1.54) is 37.1 Å². The van der Waals surface area contributed by atoms with Crippen molar-refractivity contribution in [2.24, 2.45) is 0 Å². The summed E-state index contributed by atoms with van der Waals surface area (Å²) in [5, 5.41) is 2.77. The average Bonchev–Trinajstić information content (AvgIpc) is 3.07. The fraction of sp³-hybridized carbons (Fsp3) is 0.611. The minimum absolute atomic E-state index is 0.0315. The Morgan fingerprint density at radius 2 is 1.84 bits per heavy atom. The summed E-state index contributed by atoms with van der Waals surface area (Å²) >= 11 is 0. The van der Waals surface area contributed by atoms with Crippen molar-refractivity contribution in [3.8, 4) is 0 Å². The summed E-state index contributed by atoms with van der Waals surface area (Å²) in [4.78, 5) is 12.0. The fourth-order valence-corrected chi connectivity index (χ4v) is 3.87. The second-order valence-electron chi connectivity index (χ2n) is 6.68. The van der Waals surface area contributed by atoms with Crippen LogP contribution in [0.3, 0.4) is 0 Å². The number of hydrogen-bond donors (Lipinski definition) is 2. The van der Waals surface area contributed by atoms with E-state index in [-0.39, 0.29) is 16.8 Å². The third-order valence-electron chi connectivity index (χ3n) is 4.12. The quantitative estimate of drug-likeness (QED) is 0.656. The van der Waals surface area contributed by atoms with E-state index in [4.69, 9.17) is 4.74 Å². The van der Waals surface area contributed by atoms with Crippen LogP contribution in [0.2, 0.25) is 0 Å². The zero-order valence-electron chi connectivity index (χ0n) is 15.0. The summed E-state index contributed by atoms with van der Waals surface area (Å²) in [5.41, 5.74) is 0.442. The lowest BCUT2D eigenvalue weighted by Gasteiger charge is -2.12. The van der Waals surface area contributed by atoms with Crippen LogP contribution in [0.4, 0.5) is 0 Å². The summed E-state index contributed by atoms with van der Waals surface area (Å²) in [5.74, 6) is -0.212. The van der Waals surface area contributed by atoms with Crippen molar-refractivity contribution >= 4 is 15.9 Å². The summed E-state index contributed by atoms with van der Waals surface area (Å²) in [6.45, 7) is 4.65. The topological polar surface area (TPSA) is 84.5 Å². The Labute approximate surface area is 150 Å². The van der Waals surface area contributed by atoms with Crippen LogP contribution in [0.15, 0.2) is 29.2 Å². The molecule has 2 rings (SSSR count). The first-order chi connectivity index (χ1) is 11.9. The number of carbonyl (C=O) groups excluding carboxylic acids is 1. The van der Waals surface area contributed by atoms with E-state index < -0.39 is 10.0 Å². The number of hydrogen-bond acceptors (Lipinski definition) is 4. The Balaban J connectivity index is 1.79. The molecule has 0 aliphatic heterocycles. The molecule has 0 saturated heterocycles. The molecular weight excluding hydrogens is 340 g/mol. The molecular formula is C18H28N2O4S. The maximum absolute atomic E-state index is 12.3. The summed E-state index contributed by atoms with van der Waals surface area (Å²) in [7, 11) is -3.56. The zero-order chi connectivity index (χ0) is 18.3. The summed E-state index contributed by atoms with van der Waals surface area (Å²) in [6, 6.07) is 5.98. The number of carbonyl (C=O) groups is 1. The number of ether oxygens (including phenoxy) is 1. The number of nitrogens with one attached hydrogen (secondary N) is 2. The molecule has 6 nitrogen and oxygen atoms in total. The van der Waals surface area contributed by atoms with E-state index in [1.807, 2.05) is 13.8 Å². The first-order valence-corrected chi connectivity index (χ1v) is 10.4. The van der Waals surface area contributed by atoms with Crippen LogP contribution in [-0.4, -0.2) is 39.6 Å². The molecule has 1 saturated carbocycles. The normalized spacial score (nSPS) is 15.6. The highest BCUT2D eigenvalue weighted by Crippen LogP contribution is 2.20. The molecule has 1 fully saturated rings. The van der Waals surface area contributed by atoms with Crippen molar-refractivity contribution in [3.63, 3.8) is 0 Å². The van der Waals surface area contributed by atoms with Crippen molar-refractivity contribution in [1.82, 2.24) is 10.0 Å². The Kier molecular flexibility index (Phi) is 7.40. The number of amides is 1. The summed E-state index contributed by atoms with van der Waals surface area (Å²) < 4.78 is 32.8. The molecule has 0 unspecified atom stereocenters. The van der Waals surface area contributed by atoms with Crippen LogP contribution in [0, 0.1) is 0 Å². The fourth-order valence-electron chi connectivity index (χ4n) is 2.80. The van der Waals surface area contributed by atoms with Gasteiger partial charge in [-0.25, -0.2) is 13.1 Å². The molecule has 0 aromatic heterocycles. The Morgan fingerprint density at radius 3 is 2.44 bits per heavy atom. The number of sulfonamides is 1. The molecule has 1 aliphatic rings. The van der Waals surface area contributed by atoms with E-state index in [9.17, 15) is 13.2 Å². The second-order valence-corrected chi connectivity index (χ2v) is 8.45. The lowest BCUT2D eigenvalue weighted by molar-refractivity contribution is 0.0575. The van der Waals surface area contributed by atoms with Gasteiger partial charge in [-0.05, 0) is 57.4 Å². The van der Waals surface area contributed by atoms with Crippen LogP contribution in [-0.2, 0) is 14.8 Å². The van der Waals surface area contributed by atoms with Crippen LogP contribution in [0.5, 0.6) is 0 Å². The Hall–Kier alpha value is -1.44. The molecule has 0 spiro atoms. The maximum atomic E-state index is 12.3. The lowest BCUT2D eigenvalue weighted by Crippen LogP contribution is -2.30. The van der Waals surface area contributed by atoms with Gasteiger partial charge in [-0.3, -0.25) is 4.79 Å². The van der Waals surface area contributed by atoms with Gasteiger partial charge in [-0.1, -0.05) is 12.8 Å². The molecule has 0 radical (unpaired) electrons. The highest BCUT2D eigenvalue weighted by molar-refractivity contribution is 7.89. The van der Waals surface area contributed by atoms with Gasteiger partial charge in [0.05, 0.1) is 11.0 Å². The van der Waals surface area contributed by atoms with E-state index in [2.05, 4.69) is 10.0 Å². The molecule has 7 heteroatoms. The van der Waals surface area contributed by atoms with Gasteiger partial charge in [0.1, 0.15) is 0 Å². The van der Waals surface area contributed by atoms with Gasteiger partial charge in [-0.2, -0.15) is 0 Å². The van der Waals surface area contributed by atoms with Crippen molar-refractivity contribution < 1.29 is 17.9 Å². The van der Waals surface area contributed by atoms with Crippen molar-refractivity contribution in [3.05, 3.63) is 29.8 Å². The minimum atomic E-state index is -3.56. The number of benzene rings is 1. The van der Waals surface area contributed by atoms with Gasteiger partial charge in [0.2, 0.25) is 10.0 Å². The third kappa shape index (κ3) is 6.41. The van der Waals surface area contributed by atoms with Crippen molar-refractivity contribution in [2.75, 3.05) is 13.2 Å². The van der Waals surface area contributed by atoms with E-state index in [0.717, 1.165) is 12.8 Å². The first kappa shape index (κ1) is 19.9. The predicted molar refractivity (Wildman–Crippen MR) is 97.1 cm³/mol. The molecule has 0 heterocycles. The number of rotatable bonds is 9. The standard InChI is InChI=1S/C18H28N2O4S/c1-14(2)20-18(21)15-8-10-17(11-9-15)25(22,23)19-12-5-13-24-16-6-3-4-7-16/h8-11,14,16,19H,3-7,12-13H2,1-2H3,(H,20,21). The maximum Gasteiger partial charge on any atom is 0.251 e. The van der Waals surface area contributed by atoms with Gasteiger partial charge in [0.25, 0.3) is 5.91 Å². The van der Waals surface area contributed by atoms with Crippen LogP contribution >= 0.6 is 0 Å². The molecule has 1 amide bonds. The van der Waals surface area contributed by atoms with E-state index >= 15 is 0 Å². The molecule has 1 aliphatic carbocycles. The highest BCUT2D eigenvalue weighted by atomic mass is 32.2. The smallest absolute Gasteiger partial charge is 0.251 e. The Bertz CT molecular complexity index is 650. The highest BCUT2D eigenvalue weighted by Gasteiger charge is 2.16. The predicted octanol–water partition coefficient (Wildman–Crippen LogP) is 2.45. The van der Waals surface area contributed by atoms with Crippen LogP contribution in [0.1, 0.15) is 56.3 Å². The lowest BCUT2D eigenvalue weighted by atomic mass is 10.2. The molecule has 0 bridgehead atoms. The van der Waals surface area contributed by atoms with Gasteiger partial charge in [-0.15, -0.1) is 0 Å². The third-order valence-corrected chi connectivity index (χ3v) is 5.59. The minimum Gasteiger partial charge on any atom is -0.378 e. The van der Waals surface area contributed by atoms with Gasteiger partial charge < -0.3 is 10.1 Å². The van der Waals surface area contributed by atoms with E-state index in [1.54, 1.807) is 0 Å². The molecule has 140 valence electrons. The first-order valence-electron chi connectivity index (χ1n) is 8.90. The van der Waals surface area contributed by atoms with Gasteiger partial charge in [0.15, 0.2) is 0 Å². The van der Waals surface area contributed by atoms with Crippen molar-refractivity contribution in [1.29, 1.82) is 0 Å². The SMILES string of the molecule is CC(C)NC(=O)c1ccc(S(=O)(=O)NCCCOC2CCCC2)cc1. The van der Waals surface area contributed by atoms with Crippen molar-refractivity contribution in [2.45, 2.75) is 63.0 Å².